The quantitative estimate of drug-likeness (QED) is 0.865. The first-order valence-corrected chi connectivity index (χ1v) is 7.99. The third-order valence-corrected chi connectivity index (χ3v) is 3.98. The molecule has 1 unspecified atom stereocenters. The van der Waals surface area contributed by atoms with Crippen LogP contribution in [0.1, 0.15) is 32.4 Å². The Morgan fingerprint density at radius 1 is 1.38 bits per heavy atom. The second kappa shape index (κ2) is 7.71. The van der Waals surface area contributed by atoms with E-state index in [9.17, 15) is 0 Å². The fourth-order valence-electron chi connectivity index (χ4n) is 2.71. The van der Waals surface area contributed by atoms with Gasteiger partial charge in [0, 0.05) is 31.9 Å². The summed E-state index contributed by atoms with van der Waals surface area (Å²) in [5.74, 6) is 1.68. The zero-order chi connectivity index (χ0) is 15.2. The minimum atomic E-state index is 0.614. The van der Waals surface area contributed by atoms with Crippen molar-refractivity contribution in [1.29, 1.82) is 0 Å². The molecule has 1 atom stereocenters. The van der Waals surface area contributed by atoms with E-state index >= 15 is 0 Å². The molecule has 0 aromatic carbocycles. The molecule has 0 bridgehead atoms. The van der Waals surface area contributed by atoms with Crippen LogP contribution < -0.4 is 10.2 Å². The Labute approximate surface area is 128 Å². The van der Waals surface area contributed by atoms with E-state index in [2.05, 4.69) is 48.0 Å². The second-order valence-corrected chi connectivity index (χ2v) is 6.60. The van der Waals surface area contributed by atoms with Gasteiger partial charge in [0.1, 0.15) is 5.82 Å². The maximum Gasteiger partial charge on any atom is 0.147 e. The summed E-state index contributed by atoms with van der Waals surface area (Å²) in [7, 11) is 4.32. The van der Waals surface area contributed by atoms with Gasteiger partial charge in [0.15, 0.2) is 0 Å². The van der Waals surface area contributed by atoms with E-state index in [1.807, 2.05) is 12.4 Å². The maximum absolute atomic E-state index is 4.77. The van der Waals surface area contributed by atoms with Crippen LogP contribution in [0.15, 0.2) is 12.4 Å². The molecule has 0 amide bonds. The third-order valence-electron chi connectivity index (χ3n) is 3.98. The van der Waals surface area contributed by atoms with Crippen molar-refractivity contribution < 1.29 is 0 Å². The molecular weight excluding hydrogens is 262 g/mol. The van der Waals surface area contributed by atoms with Crippen LogP contribution in [0.5, 0.6) is 0 Å². The topological polar surface area (TPSA) is 44.3 Å². The standard InChI is InChI=1S/C16H29N5/c1-13(2)8-17-9-14-10-18-11-16(19-14)21-7-5-6-15(12-21)20(3)4/h10-11,13,15,17H,5-9,12H2,1-4H3. The number of nitrogens with one attached hydrogen (secondary N) is 1. The zero-order valence-corrected chi connectivity index (χ0v) is 13.8. The Balaban J connectivity index is 1.96. The Bertz CT molecular complexity index is 432. The van der Waals surface area contributed by atoms with Crippen LogP contribution in [0.3, 0.4) is 0 Å². The SMILES string of the molecule is CC(C)CNCc1cncc(N2CCCC(N(C)C)C2)n1. The number of rotatable bonds is 6. The summed E-state index contributed by atoms with van der Waals surface area (Å²) < 4.78 is 0. The fraction of sp³-hybridized carbons (Fsp3) is 0.750. The number of aromatic nitrogens is 2. The van der Waals surface area contributed by atoms with Crippen molar-refractivity contribution >= 4 is 5.82 Å². The number of hydrogen-bond acceptors (Lipinski definition) is 5. The molecule has 1 N–H and O–H groups in total. The normalized spacial score (nSPS) is 19.5. The van der Waals surface area contributed by atoms with Gasteiger partial charge in [0.25, 0.3) is 0 Å². The highest BCUT2D eigenvalue weighted by Crippen LogP contribution is 2.19. The molecule has 21 heavy (non-hydrogen) atoms. The molecule has 0 spiro atoms. The summed E-state index contributed by atoms with van der Waals surface area (Å²) in [4.78, 5) is 13.8. The van der Waals surface area contributed by atoms with E-state index in [1.54, 1.807) is 0 Å². The van der Waals surface area contributed by atoms with Gasteiger partial charge in [-0.05, 0) is 39.4 Å². The molecule has 0 radical (unpaired) electrons. The van der Waals surface area contributed by atoms with Crippen molar-refractivity contribution in [2.75, 3.05) is 38.6 Å². The summed E-state index contributed by atoms with van der Waals surface area (Å²) in [5, 5.41) is 3.43. The van der Waals surface area contributed by atoms with Gasteiger partial charge < -0.3 is 15.1 Å². The molecule has 1 aromatic rings. The van der Waals surface area contributed by atoms with Gasteiger partial charge in [-0.2, -0.15) is 0 Å². The summed E-state index contributed by atoms with van der Waals surface area (Å²) in [6.45, 7) is 8.36. The lowest BCUT2D eigenvalue weighted by Crippen LogP contribution is -2.45. The van der Waals surface area contributed by atoms with Crippen LogP contribution in [0.25, 0.3) is 0 Å². The summed E-state index contributed by atoms with van der Waals surface area (Å²) in [6.07, 6.45) is 6.25. The summed E-state index contributed by atoms with van der Waals surface area (Å²) >= 11 is 0. The monoisotopic (exact) mass is 291 g/mol. The fourth-order valence-corrected chi connectivity index (χ4v) is 2.71. The van der Waals surface area contributed by atoms with Crippen molar-refractivity contribution in [1.82, 2.24) is 20.2 Å². The van der Waals surface area contributed by atoms with Gasteiger partial charge in [-0.1, -0.05) is 13.8 Å². The van der Waals surface area contributed by atoms with E-state index in [4.69, 9.17) is 4.98 Å². The van der Waals surface area contributed by atoms with E-state index in [-0.39, 0.29) is 0 Å². The van der Waals surface area contributed by atoms with Crippen LogP contribution in [-0.2, 0) is 6.54 Å². The Hall–Kier alpha value is -1.20. The van der Waals surface area contributed by atoms with Gasteiger partial charge in [0.2, 0.25) is 0 Å². The predicted molar refractivity (Wildman–Crippen MR) is 87.5 cm³/mol. The largest absolute Gasteiger partial charge is 0.354 e. The minimum absolute atomic E-state index is 0.614. The average Bonchev–Trinajstić information content (AvgIpc) is 2.47. The van der Waals surface area contributed by atoms with Crippen molar-refractivity contribution in [2.24, 2.45) is 5.92 Å². The first-order chi connectivity index (χ1) is 10.1. The molecule has 5 heteroatoms. The summed E-state index contributed by atoms with van der Waals surface area (Å²) in [5.41, 5.74) is 1.03. The highest BCUT2D eigenvalue weighted by molar-refractivity contribution is 5.37. The van der Waals surface area contributed by atoms with Crippen molar-refractivity contribution in [3.8, 4) is 0 Å². The van der Waals surface area contributed by atoms with Crippen LogP contribution in [0.2, 0.25) is 0 Å². The first-order valence-electron chi connectivity index (χ1n) is 7.99. The first kappa shape index (κ1) is 16.2. The van der Waals surface area contributed by atoms with Crippen molar-refractivity contribution in [2.45, 2.75) is 39.3 Å². The highest BCUT2D eigenvalue weighted by atomic mass is 15.2. The molecule has 0 saturated carbocycles. The van der Waals surface area contributed by atoms with Crippen LogP contribution in [0.4, 0.5) is 5.82 Å². The molecule has 1 aromatic heterocycles. The molecule has 2 heterocycles. The van der Waals surface area contributed by atoms with Gasteiger partial charge in [-0.15, -0.1) is 0 Å². The molecular formula is C16H29N5. The van der Waals surface area contributed by atoms with Crippen LogP contribution in [0, 0.1) is 5.92 Å². The number of nitrogens with zero attached hydrogens (tertiary/aromatic N) is 4. The van der Waals surface area contributed by atoms with E-state index in [0.717, 1.165) is 37.7 Å². The van der Waals surface area contributed by atoms with Crippen LogP contribution in [-0.4, -0.2) is 54.6 Å². The lowest BCUT2D eigenvalue weighted by molar-refractivity contribution is 0.257. The van der Waals surface area contributed by atoms with Crippen molar-refractivity contribution in [3.05, 3.63) is 18.1 Å². The molecule has 2 rings (SSSR count). The molecule has 0 aliphatic carbocycles. The number of anilines is 1. The van der Waals surface area contributed by atoms with Gasteiger partial charge in [-0.3, -0.25) is 4.98 Å². The number of likely N-dealkylation sites (N-methyl/N-ethyl adjacent to an activating group) is 1. The lowest BCUT2D eigenvalue weighted by Gasteiger charge is -2.36. The van der Waals surface area contributed by atoms with Gasteiger partial charge in [-0.25, -0.2) is 4.98 Å². The van der Waals surface area contributed by atoms with Gasteiger partial charge in [0.05, 0.1) is 11.9 Å². The predicted octanol–water partition coefficient (Wildman–Crippen LogP) is 1.75. The van der Waals surface area contributed by atoms with Crippen molar-refractivity contribution in [3.63, 3.8) is 0 Å². The maximum atomic E-state index is 4.77. The van der Waals surface area contributed by atoms with Crippen LogP contribution >= 0.6 is 0 Å². The average molecular weight is 291 g/mol. The summed E-state index contributed by atoms with van der Waals surface area (Å²) in [6, 6.07) is 0.614. The highest BCUT2D eigenvalue weighted by Gasteiger charge is 2.22. The zero-order valence-electron chi connectivity index (χ0n) is 13.8. The molecule has 1 fully saturated rings. The minimum Gasteiger partial charge on any atom is -0.354 e. The Kier molecular flexibility index (Phi) is 5.94. The lowest BCUT2D eigenvalue weighted by atomic mass is 10.1. The third kappa shape index (κ3) is 4.93. The Morgan fingerprint density at radius 3 is 2.90 bits per heavy atom. The Morgan fingerprint density at radius 2 is 2.19 bits per heavy atom. The molecule has 5 nitrogen and oxygen atoms in total. The molecule has 118 valence electrons. The van der Waals surface area contributed by atoms with E-state index < -0.39 is 0 Å². The molecule has 1 saturated heterocycles. The second-order valence-electron chi connectivity index (χ2n) is 6.60. The van der Waals surface area contributed by atoms with E-state index in [1.165, 1.54) is 12.8 Å². The van der Waals surface area contributed by atoms with Gasteiger partial charge >= 0.3 is 0 Å². The van der Waals surface area contributed by atoms with E-state index in [0.29, 0.717) is 12.0 Å². The molecule has 1 aliphatic heterocycles. The molecule has 1 aliphatic rings. The smallest absolute Gasteiger partial charge is 0.147 e. The number of hydrogen-bond donors (Lipinski definition) is 1. The number of piperidine rings is 1.